The lowest BCUT2D eigenvalue weighted by atomic mass is 9.82. The van der Waals surface area contributed by atoms with Gasteiger partial charge >= 0.3 is 0 Å². The van der Waals surface area contributed by atoms with Crippen LogP contribution in [0.5, 0.6) is 0 Å². The van der Waals surface area contributed by atoms with E-state index in [0.717, 1.165) is 16.5 Å². The van der Waals surface area contributed by atoms with E-state index in [4.69, 9.17) is 5.26 Å². The molecule has 1 nitrogen and oxygen atoms in total. The van der Waals surface area contributed by atoms with Gasteiger partial charge in [0, 0.05) is 4.47 Å². The molecule has 0 amide bonds. The van der Waals surface area contributed by atoms with E-state index in [2.05, 4.69) is 22.0 Å². The van der Waals surface area contributed by atoms with Crippen molar-refractivity contribution in [2.75, 3.05) is 0 Å². The average Bonchev–Trinajstić information content (AvgIpc) is 2.17. The Kier molecular flexibility index (Phi) is 3.11. The molecule has 0 radical (unpaired) electrons. The van der Waals surface area contributed by atoms with Crippen LogP contribution in [0.4, 0.5) is 0 Å². The van der Waals surface area contributed by atoms with Gasteiger partial charge in [-0.1, -0.05) is 35.0 Å². The number of halogens is 1. The third kappa shape index (κ3) is 2.10. The zero-order chi connectivity index (χ0) is 9.90. The molecular formula is C11H12BrN. The first-order valence-electron chi connectivity index (χ1n) is 4.29. The zero-order valence-electron chi connectivity index (χ0n) is 7.84. The van der Waals surface area contributed by atoms with E-state index in [-0.39, 0.29) is 5.41 Å². The Balaban J connectivity index is 3.14. The largest absolute Gasteiger partial charge is 0.197 e. The second-order valence-corrected chi connectivity index (χ2v) is 4.22. The molecule has 0 saturated carbocycles. The SMILES string of the molecule is CCC(C)(C#N)c1cccc(Br)c1. The van der Waals surface area contributed by atoms with Crippen LogP contribution >= 0.6 is 15.9 Å². The fraction of sp³-hybridized carbons (Fsp3) is 0.364. The van der Waals surface area contributed by atoms with E-state index in [1.165, 1.54) is 0 Å². The van der Waals surface area contributed by atoms with Crippen LogP contribution in [0, 0.1) is 11.3 Å². The molecule has 2 heteroatoms. The zero-order valence-corrected chi connectivity index (χ0v) is 9.43. The summed E-state index contributed by atoms with van der Waals surface area (Å²) in [5, 5.41) is 9.06. The van der Waals surface area contributed by atoms with Gasteiger partial charge in [0.25, 0.3) is 0 Å². The normalized spacial score (nSPS) is 14.6. The lowest BCUT2D eigenvalue weighted by molar-refractivity contribution is 0.587. The first kappa shape index (κ1) is 10.3. The fourth-order valence-electron chi connectivity index (χ4n) is 1.18. The van der Waals surface area contributed by atoms with Crippen LogP contribution < -0.4 is 0 Å². The molecule has 68 valence electrons. The van der Waals surface area contributed by atoms with Crippen molar-refractivity contribution < 1.29 is 0 Å². The van der Waals surface area contributed by atoms with Crippen molar-refractivity contribution in [1.29, 1.82) is 5.26 Å². The molecule has 0 N–H and O–H groups in total. The highest BCUT2D eigenvalue weighted by atomic mass is 79.9. The van der Waals surface area contributed by atoms with Gasteiger partial charge in [-0.15, -0.1) is 0 Å². The summed E-state index contributed by atoms with van der Waals surface area (Å²) >= 11 is 3.40. The number of hydrogen-bond donors (Lipinski definition) is 0. The highest BCUT2D eigenvalue weighted by molar-refractivity contribution is 9.10. The molecule has 0 saturated heterocycles. The molecule has 13 heavy (non-hydrogen) atoms. The molecule has 0 bridgehead atoms. The fourth-order valence-corrected chi connectivity index (χ4v) is 1.58. The number of nitrogens with zero attached hydrogens (tertiary/aromatic N) is 1. The summed E-state index contributed by atoms with van der Waals surface area (Å²) in [6.07, 6.45) is 0.833. The smallest absolute Gasteiger partial charge is 0.0792 e. The maximum atomic E-state index is 9.06. The molecule has 0 aromatic heterocycles. The average molecular weight is 238 g/mol. The summed E-state index contributed by atoms with van der Waals surface area (Å²) in [7, 11) is 0. The first-order chi connectivity index (χ1) is 6.12. The van der Waals surface area contributed by atoms with Gasteiger partial charge in [-0.3, -0.25) is 0 Å². The van der Waals surface area contributed by atoms with Gasteiger partial charge < -0.3 is 0 Å². The molecule has 0 heterocycles. The summed E-state index contributed by atoms with van der Waals surface area (Å²) in [6, 6.07) is 10.3. The minimum absolute atomic E-state index is 0.357. The highest BCUT2D eigenvalue weighted by Gasteiger charge is 2.23. The molecular weight excluding hydrogens is 226 g/mol. The molecule has 0 spiro atoms. The van der Waals surface area contributed by atoms with Crippen LogP contribution in [0.3, 0.4) is 0 Å². The topological polar surface area (TPSA) is 23.8 Å². The van der Waals surface area contributed by atoms with Crippen molar-refractivity contribution in [3.63, 3.8) is 0 Å². The lowest BCUT2D eigenvalue weighted by Gasteiger charge is -2.19. The summed E-state index contributed by atoms with van der Waals surface area (Å²) in [5.41, 5.74) is 0.718. The van der Waals surface area contributed by atoms with Gasteiger partial charge in [-0.25, -0.2) is 0 Å². The monoisotopic (exact) mass is 237 g/mol. The number of hydrogen-bond acceptors (Lipinski definition) is 1. The highest BCUT2D eigenvalue weighted by Crippen LogP contribution is 2.28. The third-order valence-corrected chi connectivity index (χ3v) is 2.91. The van der Waals surface area contributed by atoms with Crippen LogP contribution in [0.25, 0.3) is 0 Å². The summed E-state index contributed by atoms with van der Waals surface area (Å²) in [5.74, 6) is 0. The van der Waals surface area contributed by atoms with Gasteiger partial charge in [0.15, 0.2) is 0 Å². The Hall–Kier alpha value is -0.810. The number of nitriles is 1. The molecule has 1 rings (SSSR count). The second-order valence-electron chi connectivity index (χ2n) is 3.31. The van der Waals surface area contributed by atoms with E-state index in [1.807, 2.05) is 38.1 Å². The Morgan fingerprint density at radius 2 is 2.23 bits per heavy atom. The number of benzene rings is 1. The van der Waals surface area contributed by atoms with Crippen LogP contribution in [0.15, 0.2) is 28.7 Å². The third-order valence-electron chi connectivity index (χ3n) is 2.42. The molecule has 0 aliphatic carbocycles. The van der Waals surface area contributed by atoms with Crippen molar-refractivity contribution in [3.05, 3.63) is 34.3 Å². The van der Waals surface area contributed by atoms with E-state index >= 15 is 0 Å². The van der Waals surface area contributed by atoms with Crippen molar-refractivity contribution in [2.45, 2.75) is 25.7 Å². The van der Waals surface area contributed by atoms with Gasteiger partial charge in [0.1, 0.15) is 0 Å². The van der Waals surface area contributed by atoms with Crippen LogP contribution in [-0.2, 0) is 5.41 Å². The standard InChI is InChI=1S/C11H12BrN/c1-3-11(2,8-13)9-5-4-6-10(12)7-9/h4-7H,3H2,1-2H3. The van der Waals surface area contributed by atoms with Gasteiger partial charge in [0.05, 0.1) is 11.5 Å². The van der Waals surface area contributed by atoms with Gasteiger partial charge in [-0.05, 0) is 31.0 Å². The van der Waals surface area contributed by atoms with Crippen molar-refractivity contribution in [3.8, 4) is 6.07 Å². The first-order valence-corrected chi connectivity index (χ1v) is 5.09. The molecule has 1 aromatic rings. The van der Waals surface area contributed by atoms with Crippen LogP contribution in [-0.4, -0.2) is 0 Å². The summed E-state index contributed by atoms with van der Waals surface area (Å²) in [4.78, 5) is 0. The predicted molar refractivity (Wildman–Crippen MR) is 57.4 cm³/mol. The molecule has 0 aliphatic heterocycles. The lowest BCUT2D eigenvalue weighted by Crippen LogP contribution is -2.17. The van der Waals surface area contributed by atoms with Gasteiger partial charge in [0.2, 0.25) is 0 Å². The minimum atomic E-state index is -0.357. The predicted octanol–water partition coefficient (Wildman–Crippen LogP) is 3.64. The summed E-state index contributed by atoms with van der Waals surface area (Å²) < 4.78 is 1.03. The Labute approximate surface area is 87.5 Å². The molecule has 1 aromatic carbocycles. The van der Waals surface area contributed by atoms with E-state index in [9.17, 15) is 0 Å². The Bertz CT molecular complexity index is 340. The molecule has 1 atom stereocenters. The van der Waals surface area contributed by atoms with E-state index in [0.29, 0.717) is 0 Å². The Morgan fingerprint density at radius 1 is 1.54 bits per heavy atom. The molecule has 0 aliphatic rings. The second kappa shape index (κ2) is 3.93. The minimum Gasteiger partial charge on any atom is -0.197 e. The van der Waals surface area contributed by atoms with E-state index in [1.54, 1.807) is 0 Å². The summed E-state index contributed by atoms with van der Waals surface area (Å²) in [6.45, 7) is 4.00. The molecule has 0 fully saturated rings. The quantitative estimate of drug-likeness (QED) is 0.771. The maximum absolute atomic E-state index is 9.06. The Morgan fingerprint density at radius 3 is 2.69 bits per heavy atom. The van der Waals surface area contributed by atoms with Crippen molar-refractivity contribution in [2.24, 2.45) is 0 Å². The van der Waals surface area contributed by atoms with Crippen LogP contribution in [0.2, 0.25) is 0 Å². The van der Waals surface area contributed by atoms with Crippen molar-refractivity contribution >= 4 is 15.9 Å². The maximum Gasteiger partial charge on any atom is 0.0792 e. The van der Waals surface area contributed by atoms with Gasteiger partial charge in [-0.2, -0.15) is 5.26 Å². The van der Waals surface area contributed by atoms with E-state index < -0.39 is 0 Å². The molecule has 1 unspecified atom stereocenters. The number of rotatable bonds is 2. The van der Waals surface area contributed by atoms with Crippen molar-refractivity contribution in [1.82, 2.24) is 0 Å². The van der Waals surface area contributed by atoms with Crippen LogP contribution in [0.1, 0.15) is 25.8 Å².